The average Bonchev–Trinajstić information content (AvgIpc) is 2.74. The number of alkyl halides is 3. The Morgan fingerprint density at radius 1 is 1.00 bits per heavy atom. The van der Waals surface area contributed by atoms with E-state index in [-0.39, 0.29) is 23.6 Å². The Kier molecular flexibility index (Phi) is 6.88. The number of halogens is 3. The van der Waals surface area contributed by atoms with Crippen LogP contribution in [0.3, 0.4) is 0 Å². The van der Waals surface area contributed by atoms with Crippen molar-refractivity contribution < 1.29 is 32.2 Å². The highest BCUT2D eigenvalue weighted by molar-refractivity contribution is 5.94. The van der Waals surface area contributed by atoms with Gasteiger partial charge >= 0.3 is 12.4 Å². The number of nitrogens with one attached hydrogen (secondary N) is 2. The Bertz CT molecular complexity index is 911. The molecule has 0 spiro atoms. The molecule has 1 aliphatic rings. The minimum atomic E-state index is -4.77. The standard InChI is InChI=1S/C21H22F3N3O4/c1-30-18-5-3-2-4-17(18)26-19(28)14-10-12-27(13-11-14)20(29)25-15-6-8-16(9-7-15)31-21(22,23)24/h2-9,14H,10-13H2,1H3,(H,25,29)(H,26,28). The number of hydrogen-bond acceptors (Lipinski definition) is 4. The molecular formula is C21H22F3N3O4. The Balaban J connectivity index is 1.49. The molecule has 1 fully saturated rings. The van der Waals surface area contributed by atoms with Crippen molar-refractivity contribution in [1.29, 1.82) is 0 Å². The van der Waals surface area contributed by atoms with Crippen LogP contribution in [0.15, 0.2) is 48.5 Å². The summed E-state index contributed by atoms with van der Waals surface area (Å²) in [5.74, 6) is -0.177. The number of hydrogen-bond donors (Lipinski definition) is 2. The third-order valence-electron chi connectivity index (χ3n) is 4.86. The summed E-state index contributed by atoms with van der Waals surface area (Å²) in [4.78, 5) is 26.5. The SMILES string of the molecule is COc1ccccc1NC(=O)C1CCN(C(=O)Nc2ccc(OC(F)(F)F)cc2)CC1. The predicted molar refractivity (Wildman–Crippen MR) is 108 cm³/mol. The normalized spacial score (nSPS) is 14.6. The van der Waals surface area contributed by atoms with Gasteiger partial charge in [0.05, 0.1) is 12.8 Å². The zero-order valence-corrected chi connectivity index (χ0v) is 16.7. The van der Waals surface area contributed by atoms with E-state index in [4.69, 9.17) is 4.74 Å². The van der Waals surface area contributed by atoms with E-state index in [1.165, 1.54) is 19.2 Å². The first-order chi connectivity index (χ1) is 14.7. The van der Waals surface area contributed by atoms with Gasteiger partial charge in [0.1, 0.15) is 11.5 Å². The molecule has 2 aromatic carbocycles. The van der Waals surface area contributed by atoms with E-state index >= 15 is 0 Å². The number of rotatable bonds is 5. The van der Waals surface area contributed by atoms with Gasteiger partial charge in [-0.3, -0.25) is 4.79 Å². The fourth-order valence-electron chi connectivity index (χ4n) is 3.27. The van der Waals surface area contributed by atoms with E-state index in [2.05, 4.69) is 15.4 Å². The van der Waals surface area contributed by atoms with Crippen LogP contribution >= 0.6 is 0 Å². The number of methoxy groups -OCH3 is 1. The first-order valence-electron chi connectivity index (χ1n) is 9.61. The highest BCUT2D eigenvalue weighted by atomic mass is 19.4. The number of likely N-dealkylation sites (tertiary alicyclic amines) is 1. The summed E-state index contributed by atoms with van der Waals surface area (Å²) in [5.41, 5.74) is 0.934. The fraction of sp³-hybridized carbons (Fsp3) is 0.333. The summed E-state index contributed by atoms with van der Waals surface area (Å²) in [7, 11) is 1.53. The van der Waals surface area contributed by atoms with Crippen molar-refractivity contribution >= 4 is 23.3 Å². The summed E-state index contributed by atoms with van der Waals surface area (Å²) in [6.07, 6.45) is -3.79. The van der Waals surface area contributed by atoms with Crippen molar-refractivity contribution in [3.63, 3.8) is 0 Å². The summed E-state index contributed by atoms with van der Waals surface area (Å²) < 4.78 is 45.7. The molecule has 1 saturated heterocycles. The number of ether oxygens (including phenoxy) is 2. The zero-order chi connectivity index (χ0) is 22.4. The van der Waals surface area contributed by atoms with Crippen molar-refractivity contribution in [3.05, 3.63) is 48.5 Å². The molecule has 0 saturated carbocycles. The van der Waals surface area contributed by atoms with Crippen molar-refractivity contribution in [1.82, 2.24) is 4.90 Å². The van der Waals surface area contributed by atoms with Gasteiger partial charge in [0.2, 0.25) is 5.91 Å². The minimum Gasteiger partial charge on any atom is -0.495 e. The molecule has 0 radical (unpaired) electrons. The number of amides is 3. The molecule has 2 N–H and O–H groups in total. The van der Waals surface area contributed by atoms with E-state index < -0.39 is 6.36 Å². The number of piperidine rings is 1. The largest absolute Gasteiger partial charge is 0.573 e. The molecule has 0 atom stereocenters. The Morgan fingerprint density at radius 2 is 1.65 bits per heavy atom. The monoisotopic (exact) mass is 437 g/mol. The van der Waals surface area contributed by atoms with Gasteiger partial charge in [-0.15, -0.1) is 13.2 Å². The quantitative estimate of drug-likeness (QED) is 0.723. The second-order valence-corrected chi connectivity index (χ2v) is 6.95. The van der Waals surface area contributed by atoms with Crippen molar-refractivity contribution in [2.45, 2.75) is 19.2 Å². The Morgan fingerprint density at radius 3 is 2.26 bits per heavy atom. The molecule has 2 aromatic rings. The summed E-state index contributed by atoms with van der Waals surface area (Å²) >= 11 is 0. The van der Waals surface area contributed by atoms with E-state index in [1.54, 1.807) is 23.1 Å². The van der Waals surface area contributed by atoms with Crippen LogP contribution in [0.1, 0.15) is 12.8 Å². The molecule has 0 unspecified atom stereocenters. The van der Waals surface area contributed by atoms with Crippen molar-refractivity contribution in [2.24, 2.45) is 5.92 Å². The topological polar surface area (TPSA) is 79.9 Å². The van der Waals surface area contributed by atoms with Gasteiger partial charge in [0.15, 0.2) is 0 Å². The summed E-state index contributed by atoms with van der Waals surface area (Å²) in [5, 5.41) is 5.50. The first kappa shape index (κ1) is 22.3. The highest BCUT2D eigenvalue weighted by Gasteiger charge is 2.31. The van der Waals surface area contributed by atoms with Gasteiger partial charge in [-0.2, -0.15) is 0 Å². The van der Waals surface area contributed by atoms with Crippen LogP contribution in [-0.4, -0.2) is 43.4 Å². The van der Waals surface area contributed by atoms with Crippen LogP contribution in [0.25, 0.3) is 0 Å². The van der Waals surface area contributed by atoms with E-state index in [0.29, 0.717) is 43.1 Å². The molecule has 3 amide bonds. The first-order valence-corrected chi connectivity index (χ1v) is 9.61. The Labute approximate surface area is 177 Å². The van der Waals surface area contributed by atoms with Crippen LogP contribution in [-0.2, 0) is 4.79 Å². The third-order valence-corrected chi connectivity index (χ3v) is 4.86. The number of carbonyl (C=O) groups excluding carboxylic acids is 2. The maximum absolute atomic E-state index is 12.6. The van der Waals surface area contributed by atoms with E-state index in [1.807, 2.05) is 6.07 Å². The van der Waals surface area contributed by atoms with Gasteiger partial charge in [-0.1, -0.05) is 12.1 Å². The second kappa shape index (κ2) is 9.59. The van der Waals surface area contributed by atoms with Gasteiger partial charge in [0.25, 0.3) is 0 Å². The number of benzene rings is 2. The molecule has 31 heavy (non-hydrogen) atoms. The number of carbonyl (C=O) groups is 2. The zero-order valence-electron chi connectivity index (χ0n) is 16.7. The van der Waals surface area contributed by atoms with E-state index in [9.17, 15) is 22.8 Å². The second-order valence-electron chi connectivity index (χ2n) is 6.95. The number of para-hydroxylation sites is 2. The maximum atomic E-state index is 12.6. The van der Waals surface area contributed by atoms with Gasteiger partial charge < -0.3 is 25.0 Å². The maximum Gasteiger partial charge on any atom is 0.573 e. The molecule has 1 aliphatic heterocycles. The smallest absolute Gasteiger partial charge is 0.495 e. The fourth-order valence-corrected chi connectivity index (χ4v) is 3.27. The molecule has 166 valence electrons. The lowest BCUT2D eigenvalue weighted by Crippen LogP contribution is -2.43. The predicted octanol–water partition coefficient (Wildman–Crippen LogP) is 4.48. The van der Waals surface area contributed by atoms with Crippen molar-refractivity contribution in [3.8, 4) is 11.5 Å². The van der Waals surface area contributed by atoms with Crippen LogP contribution in [0.4, 0.5) is 29.3 Å². The molecule has 0 aliphatic carbocycles. The minimum absolute atomic E-state index is 0.134. The summed E-state index contributed by atoms with van der Waals surface area (Å²) in [6, 6.07) is 11.6. The molecule has 1 heterocycles. The molecule has 3 rings (SSSR count). The molecule has 0 bridgehead atoms. The van der Waals surface area contributed by atoms with Gasteiger partial charge in [-0.05, 0) is 49.2 Å². The highest BCUT2D eigenvalue weighted by Crippen LogP contribution is 2.27. The number of anilines is 2. The molecular weight excluding hydrogens is 415 g/mol. The number of nitrogens with zero attached hydrogens (tertiary/aromatic N) is 1. The van der Waals surface area contributed by atoms with Gasteiger partial charge in [0, 0.05) is 24.7 Å². The van der Waals surface area contributed by atoms with Crippen LogP contribution in [0.5, 0.6) is 11.5 Å². The molecule has 10 heteroatoms. The van der Waals surface area contributed by atoms with Crippen LogP contribution in [0, 0.1) is 5.92 Å². The Hall–Kier alpha value is -3.43. The third kappa shape index (κ3) is 6.27. The lowest BCUT2D eigenvalue weighted by molar-refractivity contribution is -0.274. The number of urea groups is 1. The molecule has 0 aromatic heterocycles. The van der Waals surface area contributed by atoms with Crippen LogP contribution in [0.2, 0.25) is 0 Å². The lowest BCUT2D eigenvalue weighted by Gasteiger charge is -2.31. The van der Waals surface area contributed by atoms with Crippen molar-refractivity contribution in [2.75, 3.05) is 30.8 Å². The summed E-state index contributed by atoms with van der Waals surface area (Å²) in [6.45, 7) is 0.760. The van der Waals surface area contributed by atoms with Crippen LogP contribution < -0.4 is 20.1 Å². The average molecular weight is 437 g/mol. The van der Waals surface area contributed by atoms with E-state index in [0.717, 1.165) is 12.1 Å². The molecule has 7 nitrogen and oxygen atoms in total. The van der Waals surface area contributed by atoms with Gasteiger partial charge in [-0.25, -0.2) is 4.79 Å². The lowest BCUT2D eigenvalue weighted by atomic mass is 9.96.